The van der Waals surface area contributed by atoms with Crippen LogP contribution in [0.15, 0.2) is 24.3 Å². The van der Waals surface area contributed by atoms with E-state index in [4.69, 9.17) is 4.74 Å². The first-order valence-electron chi connectivity index (χ1n) is 9.95. The molecule has 5 nitrogen and oxygen atoms in total. The van der Waals surface area contributed by atoms with Gasteiger partial charge in [0.25, 0.3) is 0 Å². The van der Waals surface area contributed by atoms with Crippen LogP contribution in [0.4, 0.5) is 4.79 Å². The Morgan fingerprint density at radius 2 is 1.89 bits per heavy atom. The minimum absolute atomic E-state index is 0.0128. The van der Waals surface area contributed by atoms with E-state index in [0.717, 1.165) is 18.4 Å². The Morgan fingerprint density at radius 3 is 2.48 bits per heavy atom. The fourth-order valence-corrected chi connectivity index (χ4v) is 3.40. The Hall–Kier alpha value is -2.04. The summed E-state index contributed by atoms with van der Waals surface area (Å²) in [6.07, 6.45) is 2.16. The molecule has 0 saturated carbocycles. The molecule has 1 fully saturated rings. The monoisotopic (exact) mass is 374 g/mol. The summed E-state index contributed by atoms with van der Waals surface area (Å²) < 4.78 is 5.55. The molecule has 1 unspecified atom stereocenters. The molecule has 0 N–H and O–H groups in total. The summed E-state index contributed by atoms with van der Waals surface area (Å²) in [5, 5.41) is 0. The van der Waals surface area contributed by atoms with E-state index < -0.39 is 11.6 Å². The molecule has 1 aliphatic rings. The van der Waals surface area contributed by atoms with Gasteiger partial charge in [-0.2, -0.15) is 0 Å². The van der Waals surface area contributed by atoms with Crippen LogP contribution >= 0.6 is 0 Å². The first-order valence-corrected chi connectivity index (χ1v) is 9.95. The van der Waals surface area contributed by atoms with E-state index in [1.807, 2.05) is 51.7 Å². The number of nitrogens with zero attached hydrogens (tertiary/aromatic N) is 2. The van der Waals surface area contributed by atoms with Crippen LogP contribution in [-0.4, -0.2) is 46.0 Å². The van der Waals surface area contributed by atoms with Crippen molar-refractivity contribution in [3.8, 4) is 0 Å². The van der Waals surface area contributed by atoms with Crippen molar-refractivity contribution in [3.05, 3.63) is 35.4 Å². The minimum atomic E-state index is -0.568. The third-order valence-corrected chi connectivity index (χ3v) is 4.92. The van der Waals surface area contributed by atoms with Crippen LogP contribution in [0.5, 0.6) is 0 Å². The average Bonchev–Trinajstić information content (AvgIpc) is 2.58. The fraction of sp³-hybridized carbons (Fsp3) is 0.636. The maximum atomic E-state index is 13.4. The summed E-state index contributed by atoms with van der Waals surface area (Å²) in [4.78, 5) is 29.6. The smallest absolute Gasteiger partial charge is 0.410 e. The SMILES string of the molecule is Cc1ccccc1CN(C(=O)C1CCCCN1C(=O)OC(C)(C)C)C(C)C. The number of piperidine rings is 1. The number of aryl methyl sites for hydroxylation is 1. The number of ether oxygens (including phenoxy) is 1. The number of likely N-dealkylation sites (tertiary alicyclic amines) is 1. The van der Waals surface area contributed by atoms with Crippen molar-refractivity contribution >= 4 is 12.0 Å². The third kappa shape index (κ3) is 5.72. The molecule has 0 bridgehead atoms. The molecule has 1 saturated heterocycles. The summed E-state index contributed by atoms with van der Waals surface area (Å²) in [6.45, 7) is 12.8. The molecule has 2 amide bonds. The zero-order chi connectivity index (χ0) is 20.2. The number of hydrogen-bond acceptors (Lipinski definition) is 3. The quantitative estimate of drug-likeness (QED) is 0.778. The van der Waals surface area contributed by atoms with Gasteiger partial charge in [0.05, 0.1) is 0 Å². The largest absolute Gasteiger partial charge is 0.444 e. The lowest BCUT2D eigenvalue weighted by atomic mass is 10.00. The predicted octanol–water partition coefficient (Wildman–Crippen LogP) is 4.52. The fourth-order valence-electron chi connectivity index (χ4n) is 3.40. The zero-order valence-corrected chi connectivity index (χ0v) is 17.6. The maximum Gasteiger partial charge on any atom is 0.410 e. The summed E-state index contributed by atoms with van der Waals surface area (Å²) >= 11 is 0. The van der Waals surface area contributed by atoms with Gasteiger partial charge < -0.3 is 9.64 Å². The Morgan fingerprint density at radius 1 is 1.22 bits per heavy atom. The number of amides is 2. The van der Waals surface area contributed by atoms with Gasteiger partial charge in [0.1, 0.15) is 11.6 Å². The van der Waals surface area contributed by atoms with Crippen LogP contribution in [-0.2, 0) is 16.1 Å². The van der Waals surface area contributed by atoms with Crippen molar-refractivity contribution in [2.24, 2.45) is 0 Å². The first-order chi connectivity index (χ1) is 12.6. The van der Waals surface area contributed by atoms with Crippen molar-refractivity contribution in [2.45, 2.75) is 85.0 Å². The van der Waals surface area contributed by atoms with Gasteiger partial charge in [-0.3, -0.25) is 9.69 Å². The molecule has 5 heteroatoms. The van der Waals surface area contributed by atoms with Crippen molar-refractivity contribution < 1.29 is 14.3 Å². The number of carbonyl (C=O) groups excluding carboxylic acids is 2. The molecule has 1 aliphatic heterocycles. The highest BCUT2D eigenvalue weighted by molar-refractivity contribution is 5.86. The van der Waals surface area contributed by atoms with Crippen molar-refractivity contribution in [1.29, 1.82) is 0 Å². The van der Waals surface area contributed by atoms with E-state index in [9.17, 15) is 9.59 Å². The molecule has 1 atom stereocenters. The molecule has 0 radical (unpaired) electrons. The lowest BCUT2D eigenvalue weighted by Gasteiger charge is -2.39. The highest BCUT2D eigenvalue weighted by Gasteiger charge is 2.37. The van der Waals surface area contributed by atoms with Crippen LogP contribution in [0.2, 0.25) is 0 Å². The first kappa shape index (κ1) is 21.3. The summed E-state index contributed by atoms with van der Waals surface area (Å²) in [6, 6.07) is 7.74. The van der Waals surface area contributed by atoms with E-state index in [0.29, 0.717) is 19.5 Å². The Labute approximate surface area is 163 Å². The molecule has 1 heterocycles. The molecule has 27 heavy (non-hydrogen) atoms. The second-order valence-electron chi connectivity index (χ2n) is 8.67. The lowest BCUT2D eigenvalue weighted by Crippen LogP contribution is -2.55. The van der Waals surface area contributed by atoms with Gasteiger partial charge in [0.15, 0.2) is 0 Å². The standard InChI is InChI=1S/C22H34N2O3/c1-16(2)24(15-18-12-8-7-11-17(18)3)20(25)19-13-9-10-14-23(19)21(26)27-22(4,5)6/h7-8,11-12,16,19H,9-10,13-15H2,1-6H3. The number of hydrogen-bond donors (Lipinski definition) is 0. The van der Waals surface area contributed by atoms with Crippen molar-refractivity contribution in [2.75, 3.05) is 6.54 Å². The molecule has 1 aromatic carbocycles. The van der Waals surface area contributed by atoms with Gasteiger partial charge in [-0.25, -0.2) is 4.79 Å². The highest BCUT2D eigenvalue weighted by Crippen LogP contribution is 2.24. The van der Waals surface area contributed by atoms with Crippen LogP contribution in [0, 0.1) is 6.92 Å². The molecule has 150 valence electrons. The molecule has 0 aliphatic carbocycles. The van der Waals surface area contributed by atoms with Gasteiger partial charge in [-0.05, 0) is 71.9 Å². The van der Waals surface area contributed by atoms with Crippen molar-refractivity contribution in [3.63, 3.8) is 0 Å². The van der Waals surface area contributed by atoms with Crippen LogP contribution < -0.4 is 0 Å². The molecule has 0 aromatic heterocycles. The van der Waals surface area contributed by atoms with E-state index in [1.165, 1.54) is 5.56 Å². The van der Waals surface area contributed by atoms with Gasteiger partial charge in [-0.1, -0.05) is 24.3 Å². The van der Waals surface area contributed by atoms with Crippen LogP contribution in [0.25, 0.3) is 0 Å². The lowest BCUT2D eigenvalue weighted by molar-refractivity contribution is -0.140. The summed E-state index contributed by atoms with van der Waals surface area (Å²) in [5.41, 5.74) is 1.74. The number of rotatable bonds is 4. The molecule has 0 spiro atoms. The van der Waals surface area contributed by atoms with E-state index in [-0.39, 0.29) is 18.0 Å². The molecule has 2 rings (SSSR count). The predicted molar refractivity (Wildman–Crippen MR) is 107 cm³/mol. The minimum Gasteiger partial charge on any atom is -0.444 e. The highest BCUT2D eigenvalue weighted by atomic mass is 16.6. The van der Waals surface area contributed by atoms with Gasteiger partial charge in [-0.15, -0.1) is 0 Å². The zero-order valence-electron chi connectivity index (χ0n) is 17.6. The Bertz CT molecular complexity index is 664. The second-order valence-corrected chi connectivity index (χ2v) is 8.67. The third-order valence-electron chi connectivity index (χ3n) is 4.92. The average molecular weight is 375 g/mol. The van der Waals surface area contributed by atoms with E-state index in [1.54, 1.807) is 4.90 Å². The maximum absolute atomic E-state index is 13.4. The van der Waals surface area contributed by atoms with E-state index in [2.05, 4.69) is 19.1 Å². The van der Waals surface area contributed by atoms with Gasteiger partial charge in [0.2, 0.25) is 5.91 Å². The Kier molecular flexibility index (Phi) is 6.90. The summed E-state index contributed by atoms with van der Waals surface area (Å²) in [7, 11) is 0. The number of carbonyl (C=O) groups is 2. The van der Waals surface area contributed by atoms with E-state index >= 15 is 0 Å². The number of benzene rings is 1. The van der Waals surface area contributed by atoms with Crippen LogP contribution in [0.3, 0.4) is 0 Å². The van der Waals surface area contributed by atoms with Crippen LogP contribution in [0.1, 0.15) is 65.0 Å². The summed E-state index contributed by atoms with van der Waals surface area (Å²) in [5.74, 6) is 0.0128. The van der Waals surface area contributed by atoms with Gasteiger partial charge in [0, 0.05) is 19.1 Å². The normalized spacial score (nSPS) is 17.7. The van der Waals surface area contributed by atoms with Crippen molar-refractivity contribution in [1.82, 2.24) is 9.80 Å². The molecule has 1 aromatic rings. The Balaban J connectivity index is 2.21. The second kappa shape index (κ2) is 8.77. The van der Waals surface area contributed by atoms with Gasteiger partial charge >= 0.3 is 6.09 Å². The topological polar surface area (TPSA) is 49.9 Å². The molecular weight excluding hydrogens is 340 g/mol. The molecular formula is C22H34N2O3.